The Hall–Kier alpha value is -0.880. The van der Waals surface area contributed by atoms with Crippen LogP contribution in [0.2, 0.25) is 5.02 Å². The van der Waals surface area contributed by atoms with Gasteiger partial charge in [-0.1, -0.05) is 30.7 Å². The summed E-state index contributed by atoms with van der Waals surface area (Å²) in [6, 6.07) is 7.08. The van der Waals surface area contributed by atoms with Crippen molar-refractivity contribution in [1.29, 1.82) is 0 Å². The van der Waals surface area contributed by atoms with Crippen molar-refractivity contribution in [3.63, 3.8) is 0 Å². The van der Waals surface area contributed by atoms with Crippen LogP contribution in [0.1, 0.15) is 12.5 Å². The summed E-state index contributed by atoms with van der Waals surface area (Å²) in [6.45, 7) is 5.76. The SMILES string of the molecule is CCN1CCN(S(=O)(=O)C=Cc2ccc(Cl)cc2)CC1. The van der Waals surface area contributed by atoms with Crippen molar-refractivity contribution >= 4 is 27.7 Å². The maximum atomic E-state index is 12.2. The first-order chi connectivity index (χ1) is 9.51. The van der Waals surface area contributed by atoms with Gasteiger partial charge < -0.3 is 4.90 Å². The lowest BCUT2D eigenvalue weighted by Crippen LogP contribution is -2.47. The minimum Gasteiger partial charge on any atom is -0.301 e. The third kappa shape index (κ3) is 4.06. The van der Waals surface area contributed by atoms with Gasteiger partial charge in [-0.3, -0.25) is 0 Å². The van der Waals surface area contributed by atoms with Gasteiger partial charge in [0.15, 0.2) is 0 Å². The molecular formula is C14H19ClN2O2S. The molecule has 0 radical (unpaired) electrons. The lowest BCUT2D eigenvalue weighted by atomic mass is 10.2. The van der Waals surface area contributed by atoms with Crippen molar-refractivity contribution in [3.8, 4) is 0 Å². The highest BCUT2D eigenvalue weighted by Crippen LogP contribution is 2.13. The Balaban J connectivity index is 2.02. The van der Waals surface area contributed by atoms with Gasteiger partial charge in [0.25, 0.3) is 0 Å². The van der Waals surface area contributed by atoms with Gasteiger partial charge in [-0.2, -0.15) is 4.31 Å². The lowest BCUT2D eigenvalue weighted by molar-refractivity contribution is 0.197. The maximum Gasteiger partial charge on any atom is 0.236 e. The van der Waals surface area contributed by atoms with Gasteiger partial charge in [-0.05, 0) is 30.3 Å². The van der Waals surface area contributed by atoms with Gasteiger partial charge in [0.1, 0.15) is 0 Å². The Morgan fingerprint density at radius 3 is 2.30 bits per heavy atom. The molecular weight excluding hydrogens is 296 g/mol. The second kappa shape index (κ2) is 6.72. The summed E-state index contributed by atoms with van der Waals surface area (Å²) in [6.07, 6.45) is 1.61. The third-order valence-electron chi connectivity index (χ3n) is 3.44. The van der Waals surface area contributed by atoms with Crippen molar-refractivity contribution in [1.82, 2.24) is 9.21 Å². The van der Waals surface area contributed by atoms with Gasteiger partial charge >= 0.3 is 0 Å². The summed E-state index contributed by atoms with van der Waals surface area (Å²) in [5, 5.41) is 1.92. The summed E-state index contributed by atoms with van der Waals surface area (Å²) in [5.41, 5.74) is 0.824. The number of benzene rings is 1. The minimum absolute atomic E-state index is 0.557. The number of hydrogen-bond donors (Lipinski definition) is 0. The molecule has 1 aromatic carbocycles. The Kier molecular flexibility index (Phi) is 5.21. The van der Waals surface area contributed by atoms with E-state index in [1.807, 2.05) is 0 Å². The molecule has 20 heavy (non-hydrogen) atoms. The highest BCUT2D eigenvalue weighted by molar-refractivity contribution is 7.92. The van der Waals surface area contributed by atoms with Crippen LogP contribution in [-0.4, -0.2) is 50.3 Å². The predicted octanol–water partition coefficient (Wildman–Crippen LogP) is 2.28. The molecule has 1 aliphatic rings. The molecule has 1 aliphatic heterocycles. The third-order valence-corrected chi connectivity index (χ3v) is 5.26. The van der Waals surface area contributed by atoms with Gasteiger partial charge in [-0.15, -0.1) is 0 Å². The zero-order chi connectivity index (χ0) is 14.6. The molecule has 0 atom stereocenters. The van der Waals surface area contributed by atoms with Crippen molar-refractivity contribution in [3.05, 3.63) is 40.3 Å². The number of sulfonamides is 1. The highest BCUT2D eigenvalue weighted by Gasteiger charge is 2.23. The number of halogens is 1. The second-order valence-corrected chi connectivity index (χ2v) is 6.99. The molecule has 0 amide bonds. The van der Waals surface area contributed by atoms with Gasteiger partial charge in [0.2, 0.25) is 10.0 Å². The highest BCUT2D eigenvalue weighted by atomic mass is 35.5. The molecule has 1 saturated heterocycles. The monoisotopic (exact) mass is 314 g/mol. The van der Waals surface area contributed by atoms with Crippen molar-refractivity contribution in [2.75, 3.05) is 32.7 Å². The fraction of sp³-hybridized carbons (Fsp3) is 0.429. The first kappa shape index (κ1) is 15.5. The van der Waals surface area contributed by atoms with Crippen LogP contribution in [0.5, 0.6) is 0 Å². The molecule has 1 fully saturated rings. The maximum absolute atomic E-state index is 12.2. The summed E-state index contributed by atoms with van der Waals surface area (Å²) in [5.74, 6) is 0. The van der Waals surface area contributed by atoms with Crippen LogP contribution < -0.4 is 0 Å². The number of likely N-dealkylation sites (N-methyl/N-ethyl adjacent to an activating group) is 1. The quantitative estimate of drug-likeness (QED) is 0.856. The smallest absolute Gasteiger partial charge is 0.236 e. The topological polar surface area (TPSA) is 40.6 Å². The zero-order valence-electron chi connectivity index (χ0n) is 11.5. The average molecular weight is 315 g/mol. The molecule has 0 aliphatic carbocycles. The largest absolute Gasteiger partial charge is 0.301 e. The molecule has 0 spiro atoms. The van der Waals surface area contributed by atoms with Crippen LogP contribution in [0.15, 0.2) is 29.7 Å². The van der Waals surface area contributed by atoms with Crippen LogP contribution in [0.25, 0.3) is 6.08 Å². The van der Waals surface area contributed by atoms with E-state index in [4.69, 9.17) is 11.6 Å². The second-order valence-electron chi connectivity index (χ2n) is 4.73. The van der Waals surface area contributed by atoms with Crippen molar-refractivity contribution < 1.29 is 8.42 Å². The van der Waals surface area contributed by atoms with Gasteiger partial charge in [0, 0.05) is 36.6 Å². The van der Waals surface area contributed by atoms with E-state index in [2.05, 4.69) is 11.8 Å². The Morgan fingerprint density at radius 2 is 1.75 bits per heavy atom. The van der Waals surface area contributed by atoms with Gasteiger partial charge in [0.05, 0.1) is 0 Å². The van der Waals surface area contributed by atoms with E-state index >= 15 is 0 Å². The molecule has 0 N–H and O–H groups in total. The number of hydrogen-bond acceptors (Lipinski definition) is 3. The van der Waals surface area contributed by atoms with E-state index in [-0.39, 0.29) is 0 Å². The summed E-state index contributed by atoms with van der Waals surface area (Å²) >= 11 is 5.80. The minimum atomic E-state index is -3.33. The van der Waals surface area contributed by atoms with E-state index in [1.54, 1.807) is 30.3 Å². The average Bonchev–Trinajstić information content (AvgIpc) is 2.47. The number of piperazine rings is 1. The Morgan fingerprint density at radius 1 is 1.15 bits per heavy atom. The summed E-state index contributed by atoms with van der Waals surface area (Å²) in [4.78, 5) is 2.24. The van der Waals surface area contributed by atoms with Crippen molar-refractivity contribution in [2.24, 2.45) is 0 Å². The van der Waals surface area contributed by atoms with Gasteiger partial charge in [-0.25, -0.2) is 8.42 Å². The number of nitrogens with zero attached hydrogens (tertiary/aromatic N) is 2. The lowest BCUT2D eigenvalue weighted by Gasteiger charge is -2.32. The zero-order valence-corrected chi connectivity index (χ0v) is 13.1. The normalized spacial score (nSPS) is 18.7. The van der Waals surface area contributed by atoms with Crippen LogP contribution in [-0.2, 0) is 10.0 Å². The molecule has 0 bridgehead atoms. The van der Waals surface area contributed by atoms with Crippen LogP contribution >= 0.6 is 11.6 Å². The summed E-state index contributed by atoms with van der Waals surface area (Å²) < 4.78 is 26.0. The summed E-state index contributed by atoms with van der Waals surface area (Å²) in [7, 11) is -3.33. The predicted molar refractivity (Wildman–Crippen MR) is 83.1 cm³/mol. The standard InChI is InChI=1S/C14H19ClN2O2S/c1-2-16-8-10-17(11-9-16)20(18,19)12-7-13-3-5-14(15)6-4-13/h3-7,12H,2,8-11H2,1H3. The first-order valence-corrected chi connectivity index (χ1v) is 8.55. The van der Waals surface area contributed by atoms with E-state index in [9.17, 15) is 8.42 Å². The van der Waals surface area contributed by atoms with Crippen LogP contribution in [0.3, 0.4) is 0 Å². The first-order valence-electron chi connectivity index (χ1n) is 6.67. The molecule has 6 heteroatoms. The fourth-order valence-electron chi connectivity index (χ4n) is 2.12. The Labute approximate surface area is 125 Å². The molecule has 0 unspecified atom stereocenters. The molecule has 0 saturated carbocycles. The van der Waals surface area contributed by atoms with Crippen LogP contribution in [0, 0.1) is 0 Å². The molecule has 110 valence electrons. The Bertz CT molecular complexity index is 561. The molecule has 1 aromatic rings. The van der Waals surface area contributed by atoms with E-state index in [1.165, 1.54) is 9.71 Å². The van der Waals surface area contributed by atoms with E-state index < -0.39 is 10.0 Å². The molecule has 1 heterocycles. The number of rotatable bonds is 4. The van der Waals surface area contributed by atoms with E-state index in [0.29, 0.717) is 18.1 Å². The molecule has 2 rings (SSSR count). The fourth-order valence-corrected chi connectivity index (χ4v) is 3.42. The van der Waals surface area contributed by atoms with Crippen LogP contribution in [0.4, 0.5) is 0 Å². The van der Waals surface area contributed by atoms with E-state index in [0.717, 1.165) is 25.2 Å². The van der Waals surface area contributed by atoms with Crippen molar-refractivity contribution in [2.45, 2.75) is 6.92 Å². The molecule has 0 aromatic heterocycles. The molecule has 4 nitrogen and oxygen atoms in total.